The number of rotatable bonds is 6. The standard InChI is InChI=1S/C16H13NO6S/c1-20-15(19)13-7-6-10(22-13)8-21-14(18)9-24-16-17-11-4-2-3-5-12(11)23-16/h2-7H,8-9H2,1H3. The van der Waals surface area contributed by atoms with Gasteiger partial charge in [-0.25, -0.2) is 9.78 Å². The summed E-state index contributed by atoms with van der Waals surface area (Å²) in [5, 5.41) is 0.402. The van der Waals surface area contributed by atoms with Crippen LogP contribution in [0, 0.1) is 0 Å². The first-order valence-corrected chi connectivity index (χ1v) is 7.95. The van der Waals surface area contributed by atoms with E-state index < -0.39 is 11.9 Å². The van der Waals surface area contributed by atoms with Crippen molar-refractivity contribution in [2.75, 3.05) is 12.9 Å². The van der Waals surface area contributed by atoms with Gasteiger partial charge in [-0.1, -0.05) is 23.9 Å². The van der Waals surface area contributed by atoms with Gasteiger partial charge in [0, 0.05) is 0 Å². The Bertz CT molecular complexity index is 835. The van der Waals surface area contributed by atoms with Gasteiger partial charge in [0.2, 0.25) is 5.76 Å². The highest BCUT2D eigenvalue weighted by Gasteiger charge is 2.13. The van der Waals surface area contributed by atoms with Crippen LogP contribution >= 0.6 is 11.8 Å². The number of methoxy groups -OCH3 is 1. The van der Waals surface area contributed by atoms with Gasteiger partial charge in [0.1, 0.15) is 23.6 Å². The van der Waals surface area contributed by atoms with E-state index in [0.29, 0.717) is 16.6 Å². The summed E-state index contributed by atoms with van der Waals surface area (Å²) < 4.78 is 20.3. The average molecular weight is 347 g/mol. The van der Waals surface area contributed by atoms with Crippen molar-refractivity contribution in [3.63, 3.8) is 0 Å². The van der Waals surface area contributed by atoms with Crippen molar-refractivity contribution >= 4 is 34.8 Å². The Morgan fingerprint density at radius 3 is 2.79 bits per heavy atom. The molecule has 0 fully saturated rings. The summed E-state index contributed by atoms with van der Waals surface area (Å²) in [7, 11) is 1.26. The largest absolute Gasteiger partial charge is 0.463 e. The number of hydrogen-bond donors (Lipinski definition) is 0. The van der Waals surface area contributed by atoms with Crippen LogP contribution in [-0.4, -0.2) is 29.8 Å². The molecular formula is C16H13NO6S. The zero-order valence-corrected chi connectivity index (χ0v) is 13.5. The van der Waals surface area contributed by atoms with E-state index in [0.717, 1.165) is 17.3 Å². The first-order valence-electron chi connectivity index (χ1n) is 6.97. The van der Waals surface area contributed by atoms with Gasteiger partial charge in [0.05, 0.1) is 7.11 Å². The van der Waals surface area contributed by atoms with E-state index in [1.807, 2.05) is 18.2 Å². The van der Waals surface area contributed by atoms with Crippen LogP contribution in [0.1, 0.15) is 16.3 Å². The Morgan fingerprint density at radius 1 is 1.17 bits per heavy atom. The lowest BCUT2D eigenvalue weighted by atomic mass is 10.3. The third kappa shape index (κ3) is 3.77. The molecule has 0 aliphatic rings. The van der Waals surface area contributed by atoms with Crippen LogP contribution in [-0.2, 0) is 20.9 Å². The minimum atomic E-state index is -0.584. The van der Waals surface area contributed by atoms with Crippen LogP contribution in [0.15, 0.2) is 50.5 Å². The third-order valence-corrected chi connectivity index (χ3v) is 3.81. The molecule has 3 aromatic rings. The molecule has 1 aromatic carbocycles. The van der Waals surface area contributed by atoms with Crippen LogP contribution in [0.4, 0.5) is 0 Å². The molecule has 0 bridgehead atoms. The fraction of sp³-hybridized carbons (Fsp3) is 0.188. The van der Waals surface area contributed by atoms with Crippen molar-refractivity contribution in [2.45, 2.75) is 11.8 Å². The number of para-hydroxylation sites is 2. The molecule has 0 N–H and O–H groups in total. The van der Waals surface area contributed by atoms with Crippen LogP contribution < -0.4 is 0 Å². The zero-order valence-electron chi connectivity index (χ0n) is 12.7. The zero-order chi connectivity index (χ0) is 16.9. The number of nitrogens with zero attached hydrogens (tertiary/aromatic N) is 1. The minimum Gasteiger partial charge on any atom is -0.463 e. The number of oxazole rings is 1. The van der Waals surface area contributed by atoms with Crippen LogP contribution in [0.25, 0.3) is 11.1 Å². The second-order valence-electron chi connectivity index (χ2n) is 4.65. The average Bonchev–Trinajstić information content (AvgIpc) is 3.23. The molecule has 0 atom stereocenters. The lowest BCUT2D eigenvalue weighted by Crippen LogP contribution is -2.07. The molecule has 8 heteroatoms. The van der Waals surface area contributed by atoms with Gasteiger partial charge in [-0.2, -0.15) is 0 Å². The molecule has 0 aliphatic heterocycles. The maximum Gasteiger partial charge on any atom is 0.373 e. The Kier molecular flexibility index (Phi) is 4.85. The highest BCUT2D eigenvalue weighted by Crippen LogP contribution is 2.23. The van der Waals surface area contributed by atoms with Gasteiger partial charge in [0.15, 0.2) is 5.58 Å². The normalized spacial score (nSPS) is 10.7. The Balaban J connectivity index is 1.49. The lowest BCUT2D eigenvalue weighted by Gasteiger charge is -2.01. The monoisotopic (exact) mass is 347 g/mol. The summed E-state index contributed by atoms with van der Waals surface area (Å²) in [6.07, 6.45) is 0. The number of carbonyl (C=O) groups excluding carboxylic acids is 2. The van der Waals surface area contributed by atoms with E-state index >= 15 is 0 Å². The molecule has 124 valence electrons. The summed E-state index contributed by atoms with van der Waals surface area (Å²) in [5.41, 5.74) is 1.40. The van der Waals surface area contributed by atoms with Crippen LogP contribution in [0.5, 0.6) is 0 Å². The van der Waals surface area contributed by atoms with Gasteiger partial charge in [-0.15, -0.1) is 0 Å². The SMILES string of the molecule is COC(=O)c1ccc(COC(=O)CSc2nc3ccccc3o2)o1. The molecule has 0 radical (unpaired) electrons. The highest BCUT2D eigenvalue weighted by atomic mass is 32.2. The van der Waals surface area contributed by atoms with E-state index in [2.05, 4.69) is 9.72 Å². The summed E-state index contributed by atoms with van der Waals surface area (Å²) in [6.45, 7) is -0.0655. The smallest absolute Gasteiger partial charge is 0.373 e. The molecular weight excluding hydrogens is 334 g/mol. The van der Waals surface area contributed by atoms with E-state index in [9.17, 15) is 9.59 Å². The second kappa shape index (κ2) is 7.22. The number of furan rings is 1. The quantitative estimate of drug-likeness (QED) is 0.496. The third-order valence-electron chi connectivity index (χ3n) is 3.01. The molecule has 24 heavy (non-hydrogen) atoms. The van der Waals surface area contributed by atoms with Gasteiger partial charge in [-0.3, -0.25) is 4.79 Å². The van der Waals surface area contributed by atoms with Gasteiger partial charge < -0.3 is 18.3 Å². The first kappa shape index (κ1) is 16.1. The molecule has 0 amide bonds. The van der Waals surface area contributed by atoms with Gasteiger partial charge >= 0.3 is 11.9 Å². The summed E-state index contributed by atoms with van der Waals surface area (Å²) in [4.78, 5) is 27.3. The summed E-state index contributed by atoms with van der Waals surface area (Å²) >= 11 is 1.15. The van der Waals surface area contributed by atoms with Gasteiger partial charge in [0.25, 0.3) is 5.22 Å². The topological polar surface area (TPSA) is 91.8 Å². The number of fused-ring (bicyclic) bond motifs is 1. The van der Waals surface area contributed by atoms with E-state index in [-0.39, 0.29) is 18.1 Å². The molecule has 7 nitrogen and oxygen atoms in total. The Labute approximate surface area is 140 Å². The molecule has 0 saturated carbocycles. The maximum atomic E-state index is 11.8. The van der Waals surface area contributed by atoms with E-state index in [1.54, 1.807) is 12.1 Å². The fourth-order valence-electron chi connectivity index (χ4n) is 1.89. The predicted octanol–water partition coefficient (Wildman–Crippen LogP) is 3.04. The number of ether oxygens (including phenoxy) is 2. The van der Waals surface area contributed by atoms with Crippen molar-refractivity contribution in [3.8, 4) is 0 Å². The van der Waals surface area contributed by atoms with Crippen molar-refractivity contribution < 1.29 is 27.9 Å². The maximum absolute atomic E-state index is 11.8. The lowest BCUT2D eigenvalue weighted by molar-refractivity contribution is -0.142. The number of aromatic nitrogens is 1. The fourth-order valence-corrected chi connectivity index (χ4v) is 2.53. The van der Waals surface area contributed by atoms with E-state index in [1.165, 1.54) is 13.2 Å². The molecule has 0 saturated heterocycles. The van der Waals surface area contributed by atoms with Crippen molar-refractivity contribution in [2.24, 2.45) is 0 Å². The molecule has 3 rings (SSSR count). The van der Waals surface area contributed by atoms with Crippen molar-refractivity contribution in [1.82, 2.24) is 4.98 Å². The number of benzene rings is 1. The first-order chi connectivity index (χ1) is 11.7. The Morgan fingerprint density at radius 2 is 2.00 bits per heavy atom. The van der Waals surface area contributed by atoms with Crippen molar-refractivity contribution in [1.29, 1.82) is 0 Å². The highest BCUT2D eigenvalue weighted by molar-refractivity contribution is 7.99. The van der Waals surface area contributed by atoms with Crippen LogP contribution in [0.3, 0.4) is 0 Å². The molecule has 0 aliphatic carbocycles. The molecule has 2 aromatic heterocycles. The number of hydrogen-bond acceptors (Lipinski definition) is 8. The van der Waals surface area contributed by atoms with Crippen LogP contribution in [0.2, 0.25) is 0 Å². The number of thioether (sulfide) groups is 1. The van der Waals surface area contributed by atoms with Gasteiger partial charge in [-0.05, 0) is 24.3 Å². The summed E-state index contributed by atoms with van der Waals surface area (Å²) in [6, 6.07) is 10.4. The molecule has 0 spiro atoms. The second-order valence-corrected chi connectivity index (χ2v) is 5.58. The van der Waals surface area contributed by atoms with E-state index in [4.69, 9.17) is 13.6 Å². The molecule has 0 unspecified atom stereocenters. The summed E-state index contributed by atoms with van der Waals surface area (Å²) in [5.74, 6) is -0.561. The number of carbonyl (C=O) groups is 2. The Hall–Kier alpha value is -2.74. The number of esters is 2. The molecule has 2 heterocycles. The van der Waals surface area contributed by atoms with Crippen molar-refractivity contribution in [3.05, 3.63) is 47.9 Å². The predicted molar refractivity (Wildman–Crippen MR) is 84.6 cm³/mol. The minimum absolute atomic E-state index is 0.0530.